The fourth-order valence-electron chi connectivity index (χ4n) is 3.65. The van der Waals surface area contributed by atoms with Crippen LogP contribution in [-0.2, 0) is 11.2 Å². The fourth-order valence-corrected chi connectivity index (χ4v) is 3.87. The first kappa shape index (κ1) is 16.6. The Hall–Kier alpha value is -0.770. The molecular weight excluding hydrogens is 307 g/mol. The molecule has 0 aromatic heterocycles. The van der Waals surface area contributed by atoms with Crippen molar-refractivity contribution in [3.63, 3.8) is 0 Å². The average Bonchev–Trinajstić information content (AvgIpc) is 2.84. The maximum Gasteiger partial charge on any atom is 0.227 e. The zero-order valence-corrected chi connectivity index (χ0v) is 13.6. The summed E-state index contributed by atoms with van der Waals surface area (Å²) in [6, 6.07) is 7.83. The Kier molecular flexibility index (Phi) is 5.53. The zero-order chi connectivity index (χ0) is 14.1. The molecule has 0 bridgehead atoms. The Labute approximate surface area is 137 Å². The topological polar surface area (TPSA) is 46.3 Å². The number of hydrogen-bond donors (Lipinski definition) is 1. The molecule has 1 saturated heterocycles. The number of benzene rings is 1. The van der Waals surface area contributed by atoms with Crippen LogP contribution in [0.15, 0.2) is 24.3 Å². The molecular formula is C16H22Cl2N2O. The number of fused-ring (bicyclic) bond motifs is 1. The van der Waals surface area contributed by atoms with E-state index in [9.17, 15) is 4.79 Å². The Morgan fingerprint density at radius 2 is 2.14 bits per heavy atom. The van der Waals surface area contributed by atoms with Crippen LogP contribution >= 0.6 is 24.0 Å². The van der Waals surface area contributed by atoms with Gasteiger partial charge in [0, 0.05) is 24.2 Å². The van der Waals surface area contributed by atoms with E-state index in [0.717, 1.165) is 25.1 Å². The predicted octanol–water partition coefficient (Wildman–Crippen LogP) is 2.89. The van der Waals surface area contributed by atoms with E-state index in [1.54, 1.807) is 0 Å². The largest absolute Gasteiger partial charge is 0.342 e. The van der Waals surface area contributed by atoms with Crippen LogP contribution in [0.25, 0.3) is 0 Å². The van der Waals surface area contributed by atoms with Gasteiger partial charge >= 0.3 is 0 Å². The van der Waals surface area contributed by atoms with Gasteiger partial charge in [0.1, 0.15) is 0 Å². The standard InChI is InChI=1S/C16H21ClN2O.ClH/c17-13-5-1-3-11(7-13)8-16(20)19-9-12-4-2-6-15(18)14(12)10-19;/h1,3,5,7,12,14-15H,2,4,6,8-10,18H2;1H. The summed E-state index contributed by atoms with van der Waals surface area (Å²) in [6.07, 6.45) is 3.98. The summed E-state index contributed by atoms with van der Waals surface area (Å²) in [6.45, 7) is 1.73. The van der Waals surface area contributed by atoms with Gasteiger partial charge in [-0.25, -0.2) is 0 Å². The summed E-state index contributed by atoms with van der Waals surface area (Å²) in [5.74, 6) is 1.32. The first-order valence-corrected chi connectivity index (χ1v) is 7.79. The average molecular weight is 329 g/mol. The summed E-state index contributed by atoms with van der Waals surface area (Å²) in [4.78, 5) is 14.4. The monoisotopic (exact) mass is 328 g/mol. The lowest BCUT2D eigenvalue weighted by molar-refractivity contribution is -0.129. The SMILES string of the molecule is Cl.NC1CCCC2CN(C(=O)Cc3cccc(Cl)c3)CC12. The fraction of sp³-hybridized carbons (Fsp3) is 0.562. The summed E-state index contributed by atoms with van der Waals surface area (Å²) >= 11 is 5.97. The summed E-state index contributed by atoms with van der Waals surface area (Å²) in [5, 5.41) is 0.687. The highest BCUT2D eigenvalue weighted by molar-refractivity contribution is 6.30. The van der Waals surface area contributed by atoms with E-state index in [0.29, 0.717) is 23.3 Å². The van der Waals surface area contributed by atoms with Crippen LogP contribution in [0.3, 0.4) is 0 Å². The minimum atomic E-state index is 0. The van der Waals surface area contributed by atoms with Gasteiger partial charge < -0.3 is 10.6 Å². The normalized spacial score (nSPS) is 27.9. The number of amides is 1. The van der Waals surface area contributed by atoms with Crippen molar-refractivity contribution in [2.45, 2.75) is 31.7 Å². The molecule has 2 fully saturated rings. The van der Waals surface area contributed by atoms with Gasteiger partial charge in [0.05, 0.1) is 6.42 Å². The molecule has 1 saturated carbocycles. The number of hydrogen-bond acceptors (Lipinski definition) is 2. The number of carbonyl (C=O) groups excluding carboxylic acids is 1. The Balaban J connectivity index is 0.00000161. The van der Waals surface area contributed by atoms with Crippen LogP contribution in [0.1, 0.15) is 24.8 Å². The molecule has 0 radical (unpaired) electrons. The molecule has 1 amide bonds. The Morgan fingerprint density at radius 1 is 1.33 bits per heavy atom. The molecule has 1 heterocycles. The van der Waals surface area contributed by atoms with Crippen molar-refractivity contribution in [3.8, 4) is 0 Å². The predicted molar refractivity (Wildman–Crippen MR) is 87.8 cm³/mol. The Bertz CT molecular complexity index is 509. The molecule has 3 nitrogen and oxygen atoms in total. The molecule has 116 valence electrons. The van der Waals surface area contributed by atoms with Gasteiger partial charge in [0.25, 0.3) is 0 Å². The number of halogens is 2. The molecule has 5 heteroatoms. The van der Waals surface area contributed by atoms with E-state index < -0.39 is 0 Å². The summed E-state index contributed by atoms with van der Waals surface area (Å²) in [7, 11) is 0. The van der Waals surface area contributed by atoms with Crippen molar-refractivity contribution in [2.75, 3.05) is 13.1 Å². The molecule has 1 aliphatic heterocycles. The number of nitrogens with two attached hydrogens (primary N) is 1. The van der Waals surface area contributed by atoms with Gasteiger partial charge in [0.2, 0.25) is 5.91 Å². The third kappa shape index (κ3) is 3.71. The third-order valence-corrected chi connectivity index (χ3v) is 4.99. The second-order valence-electron chi connectivity index (χ2n) is 6.12. The second-order valence-corrected chi connectivity index (χ2v) is 6.56. The van der Waals surface area contributed by atoms with E-state index in [2.05, 4.69) is 0 Å². The minimum absolute atomic E-state index is 0. The molecule has 2 N–H and O–H groups in total. The minimum Gasteiger partial charge on any atom is -0.342 e. The first-order valence-electron chi connectivity index (χ1n) is 7.41. The molecule has 3 unspecified atom stereocenters. The van der Waals surface area contributed by atoms with Crippen LogP contribution in [-0.4, -0.2) is 29.9 Å². The van der Waals surface area contributed by atoms with Crippen LogP contribution in [0.5, 0.6) is 0 Å². The quantitative estimate of drug-likeness (QED) is 0.907. The first-order chi connectivity index (χ1) is 9.63. The van der Waals surface area contributed by atoms with Gasteiger partial charge in [-0.1, -0.05) is 30.2 Å². The van der Waals surface area contributed by atoms with Crippen molar-refractivity contribution in [3.05, 3.63) is 34.9 Å². The van der Waals surface area contributed by atoms with Crippen LogP contribution < -0.4 is 5.73 Å². The molecule has 3 rings (SSSR count). The van der Waals surface area contributed by atoms with Crippen LogP contribution in [0.2, 0.25) is 5.02 Å². The van der Waals surface area contributed by atoms with Gasteiger partial charge in [-0.2, -0.15) is 0 Å². The lowest BCUT2D eigenvalue weighted by Gasteiger charge is -2.29. The van der Waals surface area contributed by atoms with E-state index >= 15 is 0 Å². The molecule has 3 atom stereocenters. The number of rotatable bonds is 2. The Morgan fingerprint density at radius 3 is 2.86 bits per heavy atom. The van der Waals surface area contributed by atoms with Crippen molar-refractivity contribution in [2.24, 2.45) is 17.6 Å². The molecule has 0 spiro atoms. The highest BCUT2D eigenvalue weighted by atomic mass is 35.5. The van der Waals surface area contributed by atoms with Crippen molar-refractivity contribution < 1.29 is 4.79 Å². The zero-order valence-electron chi connectivity index (χ0n) is 12.0. The maximum atomic E-state index is 12.4. The lowest BCUT2D eigenvalue weighted by atomic mass is 9.78. The smallest absolute Gasteiger partial charge is 0.227 e. The van der Waals surface area contributed by atoms with Crippen molar-refractivity contribution in [1.29, 1.82) is 0 Å². The van der Waals surface area contributed by atoms with Crippen LogP contribution in [0.4, 0.5) is 0 Å². The van der Waals surface area contributed by atoms with Gasteiger partial charge in [-0.3, -0.25) is 4.79 Å². The molecule has 1 aliphatic carbocycles. The number of likely N-dealkylation sites (tertiary alicyclic amines) is 1. The van der Waals surface area contributed by atoms with E-state index in [1.807, 2.05) is 29.2 Å². The molecule has 1 aromatic rings. The van der Waals surface area contributed by atoms with Gasteiger partial charge in [-0.15, -0.1) is 12.4 Å². The highest BCUT2D eigenvalue weighted by Crippen LogP contribution is 2.35. The van der Waals surface area contributed by atoms with Crippen molar-refractivity contribution >= 4 is 29.9 Å². The highest BCUT2D eigenvalue weighted by Gasteiger charge is 2.40. The molecule has 21 heavy (non-hydrogen) atoms. The van der Waals surface area contributed by atoms with Gasteiger partial charge in [0.15, 0.2) is 0 Å². The molecule has 2 aliphatic rings. The van der Waals surface area contributed by atoms with E-state index in [-0.39, 0.29) is 24.4 Å². The lowest BCUT2D eigenvalue weighted by Crippen LogP contribution is -2.38. The van der Waals surface area contributed by atoms with E-state index in [4.69, 9.17) is 17.3 Å². The van der Waals surface area contributed by atoms with Crippen molar-refractivity contribution in [1.82, 2.24) is 4.90 Å². The second kappa shape index (κ2) is 6.99. The summed E-state index contributed by atoms with van der Waals surface area (Å²) < 4.78 is 0. The van der Waals surface area contributed by atoms with E-state index in [1.165, 1.54) is 12.8 Å². The van der Waals surface area contributed by atoms with Crippen LogP contribution in [0, 0.1) is 11.8 Å². The molecule has 1 aromatic carbocycles. The van der Waals surface area contributed by atoms with Gasteiger partial charge in [-0.05, 0) is 42.4 Å². The maximum absolute atomic E-state index is 12.4. The summed E-state index contributed by atoms with van der Waals surface area (Å²) in [5.41, 5.74) is 7.19. The number of nitrogens with zero attached hydrogens (tertiary/aromatic N) is 1. The third-order valence-electron chi connectivity index (χ3n) is 4.75. The number of carbonyl (C=O) groups is 1.